The van der Waals surface area contributed by atoms with E-state index in [1.807, 2.05) is 0 Å². The van der Waals surface area contributed by atoms with Gasteiger partial charge in [-0.3, -0.25) is 4.90 Å². The SMILES string of the molecule is COC1CN(CC2(C)CCNC2)CC1OC.Cl. The summed E-state index contributed by atoms with van der Waals surface area (Å²) in [6.07, 6.45) is 1.75. The van der Waals surface area contributed by atoms with Crippen molar-refractivity contribution in [2.75, 3.05) is 46.9 Å². The molecule has 2 aliphatic heterocycles. The molecule has 4 nitrogen and oxygen atoms in total. The molecular weight excluding hydrogens is 240 g/mol. The first-order valence-corrected chi connectivity index (χ1v) is 6.15. The molecule has 0 aromatic carbocycles. The van der Waals surface area contributed by atoms with E-state index in [-0.39, 0.29) is 24.6 Å². The van der Waals surface area contributed by atoms with Crippen LogP contribution in [-0.4, -0.2) is 64.1 Å². The predicted molar refractivity (Wildman–Crippen MR) is 70.9 cm³/mol. The highest BCUT2D eigenvalue weighted by Crippen LogP contribution is 2.28. The summed E-state index contributed by atoms with van der Waals surface area (Å²) in [6.45, 7) is 7.83. The zero-order chi connectivity index (χ0) is 11.6. The highest BCUT2D eigenvalue weighted by atomic mass is 35.5. The number of hydrogen-bond donors (Lipinski definition) is 1. The molecule has 2 rings (SSSR count). The molecule has 0 bridgehead atoms. The quantitative estimate of drug-likeness (QED) is 0.813. The van der Waals surface area contributed by atoms with E-state index in [1.54, 1.807) is 14.2 Å². The molecule has 1 N–H and O–H groups in total. The Bertz CT molecular complexity index is 223. The molecule has 2 saturated heterocycles. The van der Waals surface area contributed by atoms with Crippen LogP contribution in [0.15, 0.2) is 0 Å². The standard InChI is InChI=1S/C12H24N2O2.ClH/c1-12(4-5-13-8-12)9-14-6-10(15-2)11(7-14)16-3;/h10-11,13H,4-9H2,1-3H3;1H. The van der Waals surface area contributed by atoms with Gasteiger partial charge in [-0.2, -0.15) is 0 Å². The van der Waals surface area contributed by atoms with E-state index in [1.165, 1.54) is 6.42 Å². The fourth-order valence-corrected chi connectivity index (χ4v) is 2.94. The van der Waals surface area contributed by atoms with Crippen LogP contribution in [0.4, 0.5) is 0 Å². The van der Waals surface area contributed by atoms with Gasteiger partial charge in [-0.25, -0.2) is 0 Å². The summed E-state index contributed by atoms with van der Waals surface area (Å²) in [5.74, 6) is 0. The Morgan fingerprint density at radius 2 is 1.82 bits per heavy atom. The third-order valence-electron chi connectivity index (χ3n) is 3.96. The fraction of sp³-hybridized carbons (Fsp3) is 1.00. The Balaban J connectivity index is 0.00000144. The van der Waals surface area contributed by atoms with Crippen molar-refractivity contribution in [3.05, 3.63) is 0 Å². The third-order valence-corrected chi connectivity index (χ3v) is 3.96. The van der Waals surface area contributed by atoms with Gasteiger partial charge >= 0.3 is 0 Å². The molecule has 2 heterocycles. The van der Waals surface area contributed by atoms with Gasteiger partial charge in [-0.05, 0) is 18.4 Å². The van der Waals surface area contributed by atoms with Gasteiger partial charge in [-0.15, -0.1) is 12.4 Å². The lowest BCUT2D eigenvalue weighted by molar-refractivity contribution is -0.00461. The van der Waals surface area contributed by atoms with E-state index in [4.69, 9.17) is 9.47 Å². The smallest absolute Gasteiger partial charge is 0.0971 e. The van der Waals surface area contributed by atoms with Crippen molar-refractivity contribution in [2.45, 2.75) is 25.6 Å². The molecule has 0 saturated carbocycles. The van der Waals surface area contributed by atoms with Crippen molar-refractivity contribution in [3.8, 4) is 0 Å². The molecule has 102 valence electrons. The zero-order valence-electron chi connectivity index (χ0n) is 11.1. The minimum absolute atomic E-state index is 0. The molecule has 0 spiro atoms. The molecular formula is C12H25ClN2O2. The number of halogens is 1. The summed E-state index contributed by atoms with van der Waals surface area (Å²) in [4.78, 5) is 2.48. The van der Waals surface area contributed by atoms with Crippen molar-refractivity contribution in [1.82, 2.24) is 10.2 Å². The molecule has 0 aromatic rings. The number of nitrogens with one attached hydrogen (secondary N) is 1. The van der Waals surface area contributed by atoms with Crippen molar-refractivity contribution in [3.63, 3.8) is 0 Å². The largest absolute Gasteiger partial charge is 0.377 e. The molecule has 0 radical (unpaired) electrons. The topological polar surface area (TPSA) is 33.7 Å². The van der Waals surface area contributed by atoms with Crippen LogP contribution in [0.5, 0.6) is 0 Å². The van der Waals surface area contributed by atoms with Crippen LogP contribution < -0.4 is 5.32 Å². The van der Waals surface area contributed by atoms with E-state index in [9.17, 15) is 0 Å². The number of ether oxygens (including phenoxy) is 2. The average molecular weight is 265 g/mol. The summed E-state index contributed by atoms with van der Waals surface area (Å²) in [7, 11) is 3.55. The van der Waals surface area contributed by atoms with Gasteiger partial charge in [0.05, 0.1) is 12.2 Å². The van der Waals surface area contributed by atoms with Gasteiger partial charge < -0.3 is 14.8 Å². The van der Waals surface area contributed by atoms with E-state index in [0.717, 1.165) is 32.7 Å². The summed E-state index contributed by atoms with van der Waals surface area (Å²) in [6, 6.07) is 0. The van der Waals surface area contributed by atoms with Crippen molar-refractivity contribution in [2.24, 2.45) is 5.41 Å². The number of methoxy groups -OCH3 is 2. The summed E-state index contributed by atoms with van der Waals surface area (Å²) >= 11 is 0. The van der Waals surface area contributed by atoms with E-state index in [0.29, 0.717) is 5.41 Å². The normalized spacial score (nSPS) is 38.3. The second kappa shape index (κ2) is 6.34. The van der Waals surface area contributed by atoms with E-state index in [2.05, 4.69) is 17.1 Å². The van der Waals surface area contributed by atoms with Gasteiger partial charge in [0, 0.05) is 40.4 Å². The molecule has 3 atom stereocenters. The predicted octanol–water partition coefficient (Wildman–Crippen LogP) is 0.753. The minimum atomic E-state index is 0. The lowest BCUT2D eigenvalue weighted by Crippen LogP contribution is -2.36. The number of likely N-dealkylation sites (tertiary alicyclic amines) is 1. The molecule has 0 aliphatic carbocycles. The molecule has 0 aromatic heterocycles. The number of nitrogens with zero attached hydrogens (tertiary/aromatic N) is 1. The van der Waals surface area contributed by atoms with E-state index >= 15 is 0 Å². The highest BCUT2D eigenvalue weighted by molar-refractivity contribution is 5.85. The van der Waals surface area contributed by atoms with Crippen LogP contribution in [0.25, 0.3) is 0 Å². The second-order valence-corrected chi connectivity index (χ2v) is 5.48. The first-order chi connectivity index (χ1) is 7.67. The van der Waals surface area contributed by atoms with Gasteiger partial charge in [0.15, 0.2) is 0 Å². The molecule has 2 fully saturated rings. The third kappa shape index (κ3) is 3.55. The van der Waals surface area contributed by atoms with Crippen LogP contribution >= 0.6 is 12.4 Å². The summed E-state index contributed by atoms with van der Waals surface area (Å²) in [5.41, 5.74) is 0.431. The van der Waals surface area contributed by atoms with Crippen LogP contribution in [0.2, 0.25) is 0 Å². The first-order valence-electron chi connectivity index (χ1n) is 6.15. The minimum Gasteiger partial charge on any atom is -0.377 e. The monoisotopic (exact) mass is 264 g/mol. The molecule has 17 heavy (non-hydrogen) atoms. The molecule has 3 unspecified atom stereocenters. The van der Waals surface area contributed by atoms with Crippen LogP contribution in [0.1, 0.15) is 13.3 Å². The average Bonchev–Trinajstić information content (AvgIpc) is 2.85. The first kappa shape index (κ1) is 15.2. The number of hydrogen-bond acceptors (Lipinski definition) is 4. The lowest BCUT2D eigenvalue weighted by atomic mass is 9.89. The maximum Gasteiger partial charge on any atom is 0.0971 e. The Morgan fingerprint density at radius 3 is 2.24 bits per heavy atom. The maximum absolute atomic E-state index is 5.46. The fourth-order valence-electron chi connectivity index (χ4n) is 2.94. The maximum atomic E-state index is 5.46. The van der Waals surface area contributed by atoms with Crippen LogP contribution in [-0.2, 0) is 9.47 Å². The lowest BCUT2D eigenvalue weighted by Gasteiger charge is -2.28. The van der Waals surface area contributed by atoms with Crippen LogP contribution in [0.3, 0.4) is 0 Å². The van der Waals surface area contributed by atoms with E-state index < -0.39 is 0 Å². The Kier molecular flexibility index (Phi) is 5.67. The van der Waals surface area contributed by atoms with Crippen LogP contribution in [0, 0.1) is 5.41 Å². The van der Waals surface area contributed by atoms with Gasteiger partial charge in [-0.1, -0.05) is 6.92 Å². The summed E-state index contributed by atoms with van der Waals surface area (Å²) in [5, 5.41) is 3.45. The van der Waals surface area contributed by atoms with Crippen molar-refractivity contribution >= 4 is 12.4 Å². The Hall–Kier alpha value is 0.130. The summed E-state index contributed by atoms with van der Waals surface area (Å²) < 4.78 is 10.9. The van der Waals surface area contributed by atoms with Crippen molar-refractivity contribution < 1.29 is 9.47 Å². The van der Waals surface area contributed by atoms with Gasteiger partial charge in [0.25, 0.3) is 0 Å². The Morgan fingerprint density at radius 1 is 1.24 bits per heavy atom. The van der Waals surface area contributed by atoms with Crippen molar-refractivity contribution in [1.29, 1.82) is 0 Å². The molecule has 0 amide bonds. The Labute approximate surface area is 110 Å². The molecule has 2 aliphatic rings. The highest BCUT2D eigenvalue weighted by Gasteiger charge is 2.37. The second-order valence-electron chi connectivity index (χ2n) is 5.48. The number of rotatable bonds is 4. The van der Waals surface area contributed by atoms with Gasteiger partial charge in [0.2, 0.25) is 0 Å². The van der Waals surface area contributed by atoms with Gasteiger partial charge in [0.1, 0.15) is 0 Å². The zero-order valence-corrected chi connectivity index (χ0v) is 11.9. The molecule has 5 heteroatoms.